The topological polar surface area (TPSA) is 24.9 Å². The van der Waals surface area contributed by atoms with E-state index in [0.717, 1.165) is 24.2 Å². The van der Waals surface area contributed by atoms with Crippen LogP contribution >= 0.6 is 11.8 Å². The van der Waals surface area contributed by atoms with Gasteiger partial charge in [-0.25, -0.2) is 4.98 Å². The van der Waals surface area contributed by atoms with Crippen LogP contribution in [0.5, 0.6) is 0 Å². The number of pyridine rings is 1. The van der Waals surface area contributed by atoms with Crippen LogP contribution in [-0.4, -0.2) is 17.8 Å². The summed E-state index contributed by atoms with van der Waals surface area (Å²) in [5.74, 6) is 2.83. The van der Waals surface area contributed by atoms with E-state index in [0.29, 0.717) is 0 Å². The van der Waals surface area contributed by atoms with Crippen LogP contribution in [0, 0.1) is 5.92 Å². The summed E-state index contributed by atoms with van der Waals surface area (Å²) >= 11 is 1.77. The van der Waals surface area contributed by atoms with Gasteiger partial charge in [0.05, 0.1) is 0 Å². The Morgan fingerprint density at radius 1 is 1.62 bits per heavy atom. The lowest BCUT2D eigenvalue weighted by Gasteiger charge is -2.16. The second-order valence-electron chi connectivity index (χ2n) is 3.80. The third-order valence-corrected chi connectivity index (χ3v) is 3.68. The van der Waals surface area contributed by atoms with Gasteiger partial charge in [0.25, 0.3) is 0 Å². The summed E-state index contributed by atoms with van der Waals surface area (Å²) in [6, 6.07) is 2.30. The Hall–Kier alpha value is -0.700. The van der Waals surface area contributed by atoms with E-state index in [1.807, 2.05) is 6.20 Å². The summed E-state index contributed by atoms with van der Waals surface area (Å²) in [6.07, 6.45) is 5.42. The van der Waals surface area contributed by atoms with Crippen LogP contribution in [0.25, 0.3) is 0 Å². The lowest BCUT2D eigenvalue weighted by molar-refractivity contribution is 0.802. The number of fused-ring (bicyclic) bond motifs is 3. The smallest absolute Gasteiger partial charge is 0.129 e. The predicted octanol–water partition coefficient (Wildman–Crippen LogP) is 2.33. The van der Waals surface area contributed by atoms with Crippen molar-refractivity contribution in [2.24, 2.45) is 5.92 Å². The first-order chi connectivity index (χ1) is 6.38. The molecular weight excluding hydrogens is 180 g/mol. The monoisotopic (exact) mass is 192 g/mol. The summed E-state index contributed by atoms with van der Waals surface area (Å²) in [6.45, 7) is 1.13. The van der Waals surface area contributed by atoms with E-state index in [1.54, 1.807) is 11.8 Å². The van der Waals surface area contributed by atoms with E-state index < -0.39 is 0 Å². The maximum absolute atomic E-state index is 4.44. The van der Waals surface area contributed by atoms with Crippen molar-refractivity contribution in [1.82, 2.24) is 4.98 Å². The van der Waals surface area contributed by atoms with Crippen molar-refractivity contribution in [1.29, 1.82) is 0 Å². The number of rotatable bonds is 1. The maximum atomic E-state index is 4.44. The molecule has 0 aromatic carbocycles. The Labute approximate surface area is 82.1 Å². The van der Waals surface area contributed by atoms with E-state index >= 15 is 0 Å². The number of nitrogens with one attached hydrogen (secondary N) is 1. The summed E-state index contributed by atoms with van der Waals surface area (Å²) < 4.78 is 0. The Morgan fingerprint density at radius 3 is 3.38 bits per heavy atom. The minimum atomic E-state index is 0.816. The molecule has 2 heterocycles. The molecule has 0 amide bonds. The maximum Gasteiger partial charge on any atom is 0.129 e. The largest absolute Gasteiger partial charge is 0.370 e. The van der Waals surface area contributed by atoms with Crippen LogP contribution in [0.4, 0.5) is 5.82 Å². The molecule has 0 saturated heterocycles. The van der Waals surface area contributed by atoms with Gasteiger partial charge in [0.15, 0.2) is 0 Å². The molecule has 0 bridgehead atoms. The summed E-state index contributed by atoms with van der Waals surface area (Å²) in [7, 11) is 0. The molecular formula is C10H12N2S. The van der Waals surface area contributed by atoms with Crippen molar-refractivity contribution in [3.63, 3.8) is 0 Å². The van der Waals surface area contributed by atoms with Crippen molar-refractivity contribution in [2.45, 2.75) is 17.2 Å². The molecule has 1 N–H and O–H groups in total. The zero-order valence-corrected chi connectivity index (χ0v) is 8.40. The quantitative estimate of drug-likeness (QED) is 0.691. The molecule has 2 atom stereocenters. The van der Waals surface area contributed by atoms with Crippen LogP contribution in [0.15, 0.2) is 17.2 Å². The lowest BCUT2D eigenvalue weighted by Crippen LogP contribution is -2.13. The number of thioether (sulfide) groups is 1. The van der Waals surface area contributed by atoms with Gasteiger partial charge in [-0.15, -0.1) is 11.8 Å². The second-order valence-corrected chi connectivity index (χ2v) is 4.68. The molecule has 1 aliphatic heterocycles. The van der Waals surface area contributed by atoms with Gasteiger partial charge in [0, 0.05) is 17.6 Å². The predicted molar refractivity (Wildman–Crippen MR) is 55.4 cm³/mol. The number of hydrogen-bond donors (Lipinski definition) is 1. The van der Waals surface area contributed by atoms with Crippen LogP contribution < -0.4 is 5.32 Å². The standard InChI is InChI=1S/C10H12N2S/c1-13-7-3-9-8-2-6(8)4-11-10(9)12-5-7/h3,5-6,8H,2,4H2,1H3,(H,11,12)/t6-,8-/m1/s1. The highest BCUT2D eigenvalue weighted by molar-refractivity contribution is 7.98. The van der Waals surface area contributed by atoms with Crippen LogP contribution in [0.2, 0.25) is 0 Å². The fourth-order valence-corrected chi connectivity index (χ4v) is 2.49. The third kappa shape index (κ3) is 1.14. The molecule has 2 nitrogen and oxygen atoms in total. The van der Waals surface area contributed by atoms with Gasteiger partial charge >= 0.3 is 0 Å². The highest BCUT2D eigenvalue weighted by atomic mass is 32.2. The summed E-state index contributed by atoms with van der Waals surface area (Å²) in [5, 5.41) is 3.38. The normalized spacial score (nSPS) is 28.7. The number of anilines is 1. The molecule has 3 heteroatoms. The average Bonchev–Trinajstić information content (AvgIpc) is 2.96. The van der Waals surface area contributed by atoms with Crippen LogP contribution in [0.3, 0.4) is 0 Å². The van der Waals surface area contributed by atoms with Crippen LogP contribution in [0.1, 0.15) is 17.9 Å². The highest BCUT2D eigenvalue weighted by Crippen LogP contribution is 2.52. The van der Waals surface area contributed by atoms with Gasteiger partial charge in [-0.2, -0.15) is 0 Å². The van der Waals surface area contributed by atoms with E-state index in [4.69, 9.17) is 0 Å². The molecule has 13 heavy (non-hydrogen) atoms. The van der Waals surface area contributed by atoms with Crippen molar-refractivity contribution in [3.8, 4) is 0 Å². The summed E-state index contributed by atoms with van der Waals surface area (Å²) in [5.41, 5.74) is 1.45. The van der Waals surface area contributed by atoms with E-state index in [1.165, 1.54) is 16.9 Å². The van der Waals surface area contributed by atoms with Gasteiger partial charge in [0.1, 0.15) is 5.82 Å². The minimum Gasteiger partial charge on any atom is -0.370 e. The SMILES string of the molecule is CSc1cnc2c(c1)[C@@H]1C[C@@H]1CN2. The Kier molecular flexibility index (Phi) is 1.56. The van der Waals surface area contributed by atoms with Crippen LogP contribution in [-0.2, 0) is 0 Å². The van der Waals surface area contributed by atoms with Crippen molar-refractivity contribution in [2.75, 3.05) is 18.1 Å². The van der Waals surface area contributed by atoms with E-state index in [2.05, 4.69) is 22.6 Å². The molecule has 1 fully saturated rings. The first-order valence-electron chi connectivity index (χ1n) is 4.66. The lowest BCUT2D eigenvalue weighted by atomic mass is 10.1. The van der Waals surface area contributed by atoms with E-state index in [9.17, 15) is 0 Å². The highest BCUT2D eigenvalue weighted by Gasteiger charge is 2.42. The zero-order valence-electron chi connectivity index (χ0n) is 7.58. The molecule has 68 valence electrons. The van der Waals surface area contributed by atoms with Gasteiger partial charge in [-0.1, -0.05) is 0 Å². The van der Waals surface area contributed by atoms with Gasteiger partial charge in [0.2, 0.25) is 0 Å². The fourth-order valence-electron chi connectivity index (χ4n) is 2.09. The number of nitrogens with zero attached hydrogens (tertiary/aromatic N) is 1. The molecule has 1 aromatic rings. The van der Waals surface area contributed by atoms with Gasteiger partial charge < -0.3 is 5.32 Å². The number of hydrogen-bond acceptors (Lipinski definition) is 3. The molecule has 0 unspecified atom stereocenters. The Balaban J connectivity index is 2.06. The van der Waals surface area contributed by atoms with Crippen molar-refractivity contribution < 1.29 is 0 Å². The second kappa shape index (κ2) is 2.64. The molecule has 1 aromatic heterocycles. The van der Waals surface area contributed by atoms with Crippen molar-refractivity contribution in [3.05, 3.63) is 17.8 Å². The number of aromatic nitrogens is 1. The first kappa shape index (κ1) is 7.68. The Morgan fingerprint density at radius 2 is 2.54 bits per heavy atom. The molecule has 2 aliphatic rings. The molecule has 0 spiro atoms. The molecule has 1 saturated carbocycles. The van der Waals surface area contributed by atoms with Gasteiger partial charge in [-0.3, -0.25) is 0 Å². The average molecular weight is 192 g/mol. The molecule has 0 radical (unpaired) electrons. The van der Waals surface area contributed by atoms with E-state index in [-0.39, 0.29) is 0 Å². The van der Waals surface area contributed by atoms with Crippen molar-refractivity contribution >= 4 is 17.6 Å². The first-order valence-corrected chi connectivity index (χ1v) is 5.89. The third-order valence-electron chi connectivity index (χ3n) is 2.98. The fraction of sp³-hybridized carbons (Fsp3) is 0.500. The molecule has 1 aliphatic carbocycles. The Bertz CT molecular complexity index is 351. The zero-order chi connectivity index (χ0) is 8.84. The summed E-state index contributed by atoms with van der Waals surface area (Å²) in [4.78, 5) is 5.72. The van der Waals surface area contributed by atoms with Gasteiger partial charge in [-0.05, 0) is 36.1 Å². The molecule has 3 rings (SSSR count). The minimum absolute atomic E-state index is 0.816.